The molecule has 3 rings (SSSR count). The summed E-state index contributed by atoms with van der Waals surface area (Å²) in [6.07, 6.45) is 0.596. The molecule has 1 fully saturated rings. The number of carbonyl (C=O) groups is 2. The summed E-state index contributed by atoms with van der Waals surface area (Å²) >= 11 is 3.36. The number of aryl methyl sites for hydroxylation is 2. The number of hydrogen-bond acceptors (Lipinski definition) is 2. The monoisotopic (exact) mass is 386 g/mol. The van der Waals surface area contributed by atoms with Gasteiger partial charge in [0.05, 0.1) is 11.8 Å². The third-order valence-corrected chi connectivity index (χ3v) is 4.74. The van der Waals surface area contributed by atoms with Crippen LogP contribution in [0.3, 0.4) is 0 Å². The van der Waals surface area contributed by atoms with Crippen LogP contribution < -0.4 is 10.6 Å². The first-order chi connectivity index (χ1) is 11.4. The van der Waals surface area contributed by atoms with E-state index < -0.39 is 0 Å². The Bertz CT molecular complexity index is 786. The topological polar surface area (TPSA) is 58.2 Å². The van der Waals surface area contributed by atoms with Crippen molar-refractivity contribution < 1.29 is 9.59 Å². The summed E-state index contributed by atoms with van der Waals surface area (Å²) < 4.78 is 0.956. The molecule has 1 saturated carbocycles. The minimum absolute atomic E-state index is 0.0853. The Labute approximate surface area is 149 Å². The van der Waals surface area contributed by atoms with Gasteiger partial charge in [-0.25, -0.2) is 0 Å². The van der Waals surface area contributed by atoms with Crippen molar-refractivity contribution in [2.45, 2.75) is 20.3 Å². The summed E-state index contributed by atoms with van der Waals surface area (Å²) in [7, 11) is 0. The quantitative estimate of drug-likeness (QED) is 0.823. The van der Waals surface area contributed by atoms with Gasteiger partial charge in [0.2, 0.25) is 11.8 Å². The number of amides is 2. The van der Waals surface area contributed by atoms with Crippen molar-refractivity contribution in [3.8, 4) is 0 Å². The van der Waals surface area contributed by atoms with Crippen LogP contribution in [-0.2, 0) is 9.59 Å². The molecule has 5 heteroatoms. The van der Waals surface area contributed by atoms with E-state index in [-0.39, 0.29) is 23.7 Å². The molecule has 24 heavy (non-hydrogen) atoms. The van der Waals surface area contributed by atoms with Crippen molar-refractivity contribution in [1.82, 2.24) is 0 Å². The summed E-state index contributed by atoms with van der Waals surface area (Å²) in [4.78, 5) is 24.6. The van der Waals surface area contributed by atoms with Gasteiger partial charge >= 0.3 is 0 Å². The lowest BCUT2D eigenvalue weighted by Crippen LogP contribution is -2.20. The minimum atomic E-state index is -0.251. The largest absolute Gasteiger partial charge is 0.326 e. The second-order valence-electron chi connectivity index (χ2n) is 6.25. The molecule has 0 aromatic heterocycles. The van der Waals surface area contributed by atoms with E-state index in [0.29, 0.717) is 6.42 Å². The summed E-state index contributed by atoms with van der Waals surface area (Å²) in [5, 5.41) is 5.79. The lowest BCUT2D eigenvalue weighted by atomic mass is 10.1. The van der Waals surface area contributed by atoms with Crippen LogP contribution in [-0.4, -0.2) is 11.8 Å². The van der Waals surface area contributed by atoms with Crippen LogP contribution in [0.25, 0.3) is 0 Å². The Morgan fingerprint density at radius 3 is 2.21 bits per heavy atom. The highest BCUT2D eigenvalue weighted by molar-refractivity contribution is 9.10. The zero-order valence-corrected chi connectivity index (χ0v) is 15.2. The van der Waals surface area contributed by atoms with E-state index in [1.807, 2.05) is 56.3 Å². The molecular formula is C19H19BrN2O2. The molecule has 2 N–H and O–H groups in total. The van der Waals surface area contributed by atoms with E-state index in [1.54, 1.807) is 0 Å². The second-order valence-corrected chi connectivity index (χ2v) is 7.17. The smallest absolute Gasteiger partial charge is 0.228 e. The maximum absolute atomic E-state index is 12.3. The van der Waals surface area contributed by atoms with E-state index in [2.05, 4.69) is 26.6 Å². The van der Waals surface area contributed by atoms with Crippen LogP contribution in [0, 0.1) is 25.7 Å². The molecule has 2 amide bonds. The highest BCUT2D eigenvalue weighted by atomic mass is 79.9. The average molecular weight is 387 g/mol. The Morgan fingerprint density at radius 2 is 1.58 bits per heavy atom. The molecule has 0 bridgehead atoms. The number of anilines is 2. The third kappa shape index (κ3) is 3.85. The zero-order chi connectivity index (χ0) is 17.3. The number of rotatable bonds is 4. The molecule has 0 heterocycles. The first-order valence-corrected chi connectivity index (χ1v) is 8.68. The van der Waals surface area contributed by atoms with E-state index in [0.717, 1.165) is 27.0 Å². The van der Waals surface area contributed by atoms with E-state index in [4.69, 9.17) is 0 Å². The molecule has 0 radical (unpaired) electrons. The fourth-order valence-electron chi connectivity index (χ4n) is 2.72. The predicted octanol–water partition coefficient (Wildman–Crippen LogP) is 4.28. The van der Waals surface area contributed by atoms with Crippen molar-refractivity contribution in [2.75, 3.05) is 10.6 Å². The molecule has 2 aromatic rings. The standard InChI is InChI=1S/C19H19BrN2O2/c1-11-3-8-17(12(2)9-11)22-19(24)16-10-15(16)18(23)21-14-6-4-13(20)5-7-14/h3-9,15-16H,10H2,1-2H3,(H,21,23)(H,22,24). The predicted molar refractivity (Wildman–Crippen MR) is 98.9 cm³/mol. The molecule has 2 atom stereocenters. The van der Waals surface area contributed by atoms with E-state index >= 15 is 0 Å². The number of hydrogen-bond donors (Lipinski definition) is 2. The SMILES string of the molecule is Cc1ccc(NC(=O)C2CC2C(=O)Nc2ccc(Br)cc2)c(C)c1. The van der Waals surface area contributed by atoms with Gasteiger partial charge < -0.3 is 10.6 Å². The molecule has 124 valence electrons. The Hall–Kier alpha value is -2.14. The highest BCUT2D eigenvalue weighted by Crippen LogP contribution is 2.40. The van der Waals surface area contributed by atoms with Crippen molar-refractivity contribution >= 4 is 39.1 Å². The molecule has 2 unspecified atom stereocenters. The summed E-state index contributed by atoms with van der Waals surface area (Å²) in [5.74, 6) is -0.684. The second kappa shape index (κ2) is 6.77. The first-order valence-electron chi connectivity index (χ1n) is 7.88. The summed E-state index contributed by atoms with van der Waals surface area (Å²) in [5.41, 5.74) is 3.73. The first kappa shape index (κ1) is 16.7. The molecule has 1 aliphatic rings. The van der Waals surface area contributed by atoms with Crippen molar-refractivity contribution in [3.05, 3.63) is 58.1 Å². The van der Waals surface area contributed by atoms with Gasteiger partial charge in [-0.3, -0.25) is 9.59 Å². The van der Waals surface area contributed by atoms with Gasteiger partial charge in [-0.2, -0.15) is 0 Å². The van der Waals surface area contributed by atoms with Crippen molar-refractivity contribution in [1.29, 1.82) is 0 Å². The van der Waals surface area contributed by atoms with Gasteiger partial charge in [0.1, 0.15) is 0 Å². The van der Waals surface area contributed by atoms with E-state index in [9.17, 15) is 9.59 Å². The van der Waals surface area contributed by atoms with Gasteiger partial charge in [0.25, 0.3) is 0 Å². The van der Waals surface area contributed by atoms with Crippen LogP contribution in [0.5, 0.6) is 0 Å². The Balaban J connectivity index is 1.57. The third-order valence-electron chi connectivity index (χ3n) is 4.22. The lowest BCUT2D eigenvalue weighted by Gasteiger charge is -2.09. The maximum Gasteiger partial charge on any atom is 0.228 e. The lowest BCUT2D eigenvalue weighted by molar-refractivity contribution is -0.122. The Morgan fingerprint density at radius 1 is 0.958 bits per heavy atom. The van der Waals surface area contributed by atoms with Gasteiger partial charge in [-0.15, -0.1) is 0 Å². The average Bonchev–Trinajstić information content (AvgIpc) is 3.33. The van der Waals surface area contributed by atoms with Crippen LogP contribution >= 0.6 is 15.9 Å². The molecule has 4 nitrogen and oxygen atoms in total. The fourth-order valence-corrected chi connectivity index (χ4v) is 2.99. The summed E-state index contributed by atoms with van der Waals surface area (Å²) in [6, 6.07) is 13.3. The normalized spacial score (nSPS) is 18.8. The van der Waals surface area contributed by atoms with Crippen LogP contribution in [0.15, 0.2) is 46.9 Å². The molecule has 0 saturated heterocycles. The summed E-state index contributed by atoms with van der Waals surface area (Å²) in [6.45, 7) is 3.98. The molecular weight excluding hydrogens is 368 g/mol. The molecule has 0 spiro atoms. The fraction of sp³-hybridized carbons (Fsp3) is 0.263. The minimum Gasteiger partial charge on any atom is -0.326 e. The number of benzene rings is 2. The van der Waals surface area contributed by atoms with E-state index in [1.165, 1.54) is 0 Å². The maximum atomic E-state index is 12.3. The van der Waals surface area contributed by atoms with Gasteiger partial charge in [-0.1, -0.05) is 33.6 Å². The van der Waals surface area contributed by atoms with Crippen molar-refractivity contribution in [3.63, 3.8) is 0 Å². The highest BCUT2D eigenvalue weighted by Gasteiger charge is 2.48. The number of nitrogens with one attached hydrogen (secondary N) is 2. The van der Waals surface area contributed by atoms with Crippen LogP contribution in [0.4, 0.5) is 11.4 Å². The molecule has 1 aliphatic carbocycles. The Kier molecular flexibility index (Phi) is 4.71. The molecule has 0 aliphatic heterocycles. The van der Waals surface area contributed by atoms with Gasteiger partial charge in [0.15, 0.2) is 0 Å². The number of halogens is 1. The van der Waals surface area contributed by atoms with Crippen LogP contribution in [0.1, 0.15) is 17.5 Å². The van der Waals surface area contributed by atoms with Crippen molar-refractivity contribution in [2.24, 2.45) is 11.8 Å². The molecule has 2 aromatic carbocycles. The zero-order valence-electron chi connectivity index (χ0n) is 13.6. The number of carbonyl (C=O) groups excluding carboxylic acids is 2. The van der Waals surface area contributed by atoms with Gasteiger partial charge in [0, 0.05) is 15.8 Å². The van der Waals surface area contributed by atoms with Crippen LogP contribution in [0.2, 0.25) is 0 Å². The van der Waals surface area contributed by atoms with Gasteiger partial charge in [-0.05, 0) is 56.2 Å².